The molecule has 0 aromatic rings. The third-order valence-electron chi connectivity index (χ3n) is 0.645. The highest BCUT2D eigenvalue weighted by Crippen LogP contribution is 1.79. The molecular weight excluding hydrogens is 142 g/mol. The van der Waals surface area contributed by atoms with Crippen molar-refractivity contribution in [1.82, 2.24) is 0 Å². The summed E-state index contributed by atoms with van der Waals surface area (Å²) in [6.45, 7) is 0. The number of primary amides is 1. The van der Waals surface area contributed by atoms with E-state index in [1.54, 1.807) is 0 Å². The topological polar surface area (TPSA) is 77.2 Å². The molecule has 0 saturated heterocycles. The first-order valence-electron chi connectivity index (χ1n) is 2.32. The zero-order valence-electron chi connectivity index (χ0n) is 4.70. The highest BCUT2D eigenvalue weighted by Gasteiger charge is 1.89. The second kappa shape index (κ2) is 4.08. The van der Waals surface area contributed by atoms with Gasteiger partial charge in [0.1, 0.15) is 0 Å². The van der Waals surface area contributed by atoms with Crippen LogP contribution in [0.3, 0.4) is 0 Å². The van der Waals surface area contributed by atoms with Gasteiger partial charge in [0, 0.05) is 11.8 Å². The highest BCUT2D eigenvalue weighted by atomic mass is 32.2. The van der Waals surface area contributed by atoms with Crippen LogP contribution in [0.5, 0.6) is 0 Å². The highest BCUT2D eigenvalue weighted by molar-refractivity contribution is 7.71. The lowest BCUT2D eigenvalue weighted by molar-refractivity contribution is -0.117. The van der Waals surface area contributed by atoms with Crippen LogP contribution >= 0.6 is 0 Å². The van der Waals surface area contributed by atoms with Crippen LogP contribution < -0.4 is 5.73 Å². The molecule has 0 aliphatic carbocycles. The minimum Gasteiger partial charge on any atom is -0.370 e. The maximum atomic E-state index is 9.98. The molecule has 52 valence electrons. The van der Waals surface area contributed by atoms with Crippen molar-refractivity contribution in [1.29, 1.82) is 0 Å². The molecule has 0 aliphatic rings. The molecule has 0 spiro atoms. The Bertz CT molecular complexity index is 208. The van der Waals surface area contributed by atoms with Gasteiger partial charge in [0.2, 0.25) is 16.2 Å². The van der Waals surface area contributed by atoms with E-state index in [-0.39, 0.29) is 12.8 Å². The maximum absolute atomic E-state index is 9.98. The fraction of sp³-hybridized carbons (Fsp3) is 0.500. The van der Waals surface area contributed by atoms with Gasteiger partial charge >= 0.3 is 0 Å². The average Bonchev–Trinajstić information content (AvgIpc) is 1.63. The Balaban J connectivity index is 3.55. The van der Waals surface area contributed by atoms with E-state index in [1.807, 2.05) is 0 Å². The third-order valence-corrected chi connectivity index (χ3v) is 1.15. The van der Waals surface area contributed by atoms with E-state index in [0.717, 1.165) is 5.37 Å². The first-order chi connectivity index (χ1) is 4.13. The van der Waals surface area contributed by atoms with E-state index in [2.05, 4.69) is 0 Å². The monoisotopic (exact) mass is 149 g/mol. The number of amides is 1. The van der Waals surface area contributed by atoms with Gasteiger partial charge in [-0.15, -0.1) is 0 Å². The summed E-state index contributed by atoms with van der Waals surface area (Å²) in [6.07, 6.45) is 0.291. The summed E-state index contributed by atoms with van der Waals surface area (Å²) in [7, 11) is -2.16. The first kappa shape index (κ1) is 8.16. The second-order valence-electron chi connectivity index (χ2n) is 1.43. The van der Waals surface area contributed by atoms with Crippen molar-refractivity contribution in [3.05, 3.63) is 0 Å². The van der Waals surface area contributed by atoms with E-state index in [0.29, 0.717) is 0 Å². The number of rotatable bonds is 3. The fourth-order valence-corrected chi connectivity index (χ4v) is 0.608. The zero-order valence-corrected chi connectivity index (χ0v) is 5.52. The lowest BCUT2D eigenvalue weighted by Gasteiger charge is -1.82. The molecule has 0 radical (unpaired) electrons. The maximum Gasteiger partial charge on any atom is 0.217 e. The van der Waals surface area contributed by atoms with Crippen LogP contribution in [0.1, 0.15) is 12.8 Å². The van der Waals surface area contributed by atoms with E-state index in [9.17, 15) is 13.2 Å². The average molecular weight is 149 g/mol. The summed E-state index contributed by atoms with van der Waals surface area (Å²) >= 11 is 0. The molecule has 4 nitrogen and oxygen atoms in total. The van der Waals surface area contributed by atoms with Crippen molar-refractivity contribution in [3.63, 3.8) is 0 Å². The van der Waals surface area contributed by atoms with Gasteiger partial charge in [0.05, 0.1) is 0 Å². The predicted octanol–water partition coefficient (Wildman–Crippen LogP) is -1.07. The molecule has 0 heterocycles. The predicted molar refractivity (Wildman–Crippen MR) is 33.4 cm³/mol. The SMILES string of the molecule is NC(=O)CCC=S(=O)=O. The summed E-state index contributed by atoms with van der Waals surface area (Å²) in [6, 6.07) is 0. The lowest BCUT2D eigenvalue weighted by Crippen LogP contribution is -2.09. The number of hydrogen-bond acceptors (Lipinski definition) is 3. The van der Waals surface area contributed by atoms with Crippen molar-refractivity contribution in [2.24, 2.45) is 5.73 Å². The molecule has 0 atom stereocenters. The van der Waals surface area contributed by atoms with Gasteiger partial charge in [0.15, 0.2) is 0 Å². The van der Waals surface area contributed by atoms with Gasteiger partial charge in [-0.05, 0) is 6.42 Å². The molecule has 0 bridgehead atoms. The zero-order chi connectivity index (χ0) is 7.28. The van der Waals surface area contributed by atoms with Crippen LogP contribution in [0.2, 0.25) is 0 Å². The van der Waals surface area contributed by atoms with Gasteiger partial charge in [0.25, 0.3) is 0 Å². The van der Waals surface area contributed by atoms with Gasteiger partial charge in [-0.2, -0.15) is 8.42 Å². The van der Waals surface area contributed by atoms with Crippen molar-refractivity contribution >= 4 is 21.6 Å². The van der Waals surface area contributed by atoms with Crippen LogP contribution in [0, 0.1) is 0 Å². The van der Waals surface area contributed by atoms with Gasteiger partial charge in [-0.1, -0.05) is 0 Å². The van der Waals surface area contributed by atoms with E-state index in [4.69, 9.17) is 5.73 Å². The van der Waals surface area contributed by atoms with Crippen LogP contribution in [0.15, 0.2) is 0 Å². The summed E-state index contributed by atoms with van der Waals surface area (Å²) in [5.74, 6) is -0.489. The molecule has 0 saturated carbocycles. The molecule has 0 unspecified atom stereocenters. The van der Waals surface area contributed by atoms with Crippen LogP contribution in [0.25, 0.3) is 0 Å². The summed E-state index contributed by atoms with van der Waals surface area (Å²) in [5.41, 5.74) is 4.72. The Kier molecular flexibility index (Phi) is 3.70. The Labute approximate surface area is 54.2 Å². The quantitative estimate of drug-likeness (QED) is 0.519. The number of carbonyl (C=O) groups is 1. The molecule has 0 rings (SSSR count). The molecule has 9 heavy (non-hydrogen) atoms. The molecule has 1 amide bonds. The number of nitrogens with two attached hydrogens (primary N) is 1. The summed E-state index contributed by atoms with van der Waals surface area (Å²) < 4.78 is 19.5. The Morgan fingerprint density at radius 3 is 2.44 bits per heavy atom. The molecular formula is C4H7NO3S. The van der Waals surface area contributed by atoms with Crippen LogP contribution in [-0.4, -0.2) is 19.7 Å². The molecule has 0 fully saturated rings. The van der Waals surface area contributed by atoms with Gasteiger partial charge < -0.3 is 5.73 Å². The lowest BCUT2D eigenvalue weighted by atomic mass is 10.3. The summed E-state index contributed by atoms with van der Waals surface area (Å²) in [4.78, 5) is 9.98. The van der Waals surface area contributed by atoms with Crippen LogP contribution in [-0.2, 0) is 15.1 Å². The first-order valence-corrected chi connectivity index (χ1v) is 3.46. The van der Waals surface area contributed by atoms with Crippen molar-refractivity contribution in [2.75, 3.05) is 0 Å². The molecule has 5 heteroatoms. The minimum atomic E-state index is -2.16. The fourth-order valence-electron chi connectivity index (χ4n) is 0.297. The largest absolute Gasteiger partial charge is 0.370 e. The molecule has 0 aliphatic heterocycles. The smallest absolute Gasteiger partial charge is 0.217 e. The normalized spacial score (nSPS) is 8.44. The van der Waals surface area contributed by atoms with Gasteiger partial charge in [-0.3, -0.25) is 4.79 Å². The Morgan fingerprint density at radius 2 is 2.11 bits per heavy atom. The van der Waals surface area contributed by atoms with E-state index in [1.165, 1.54) is 0 Å². The molecule has 0 aromatic carbocycles. The summed E-state index contributed by atoms with van der Waals surface area (Å²) in [5, 5.41) is 1.00. The Morgan fingerprint density at radius 1 is 1.56 bits per heavy atom. The standard InChI is InChI=1S/C4H7NO3S/c5-4(6)2-1-3-9(7)8/h3H,1-2H2,(H2,5,6). The third kappa shape index (κ3) is 7.16. The van der Waals surface area contributed by atoms with Crippen molar-refractivity contribution in [3.8, 4) is 0 Å². The van der Waals surface area contributed by atoms with Gasteiger partial charge in [-0.25, -0.2) is 0 Å². The van der Waals surface area contributed by atoms with Crippen molar-refractivity contribution in [2.45, 2.75) is 12.8 Å². The van der Waals surface area contributed by atoms with E-state index < -0.39 is 16.2 Å². The molecule has 2 N–H and O–H groups in total. The number of hydrogen-bond donors (Lipinski definition) is 1. The van der Waals surface area contributed by atoms with E-state index >= 15 is 0 Å². The minimum absolute atomic E-state index is 0.0913. The van der Waals surface area contributed by atoms with Crippen LogP contribution in [0.4, 0.5) is 0 Å². The Hall–Kier alpha value is -0.840. The molecule has 0 aromatic heterocycles. The second-order valence-corrected chi connectivity index (χ2v) is 2.29. The number of carbonyl (C=O) groups excluding carboxylic acids is 1. The van der Waals surface area contributed by atoms with Crippen molar-refractivity contribution < 1.29 is 13.2 Å².